The summed E-state index contributed by atoms with van der Waals surface area (Å²) in [6.45, 7) is 3.62. The summed E-state index contributed by atoms with van der Waals surface area (Å²) in [4.78, 5) is 28.4. The molecule has 178 valence electrons. The van der Waals surface area contributed by atoms with Gasteiger partial charge in [0.25, 0.3) is 5.91 Å². The number of thioether (sulfide) groups is 1. The summed E-state index contributed by atoms with van der Waals surface area (Å²) in [5.41, 5.74) is 2.79. The average Bonchev–Trinajstić information content (AvgIpc) is 2.86. The molecule has 6 nitrogen and oxygen atoms in total. The van der Waals surface area contributed by atoms with Crippen molar-refractivity contribution < 1.29 is 14.3 Å². The van der Waals surface area contributed by atoms with Gasteiger partial charge in [-0.1, -0.05) is 42.8 Å². The molecule has 3 rings (SSSR count). The van der Waals surface area contributed by atoms with E-state index in [1.54, 1.807) is 30.0 Å². The van der Waals surface area contributed by atoms with Crippen molar-refractivity contribution in [2.24, 2.45) is 0 Å². The number of carbonyl (C=O) groups is 2. The molecule has 2 N–H and O–H groups in total. The first-order chi connectivity index (χ1) is 16.1. The lowest BCUT2D eigenvalue weighted by molar-refractivity contribution is -0.123. The maximum Gasteiger partial charge on any atom is 0.255 e. The quantitative estimate of drug-likeness (QED) is 0.523. The second-order valence-corrected chi connectivity index (χ2v) is 9.32. The minimum absolute atomic E-state index is 0.167. The normalized spacial score (nSPS) is 15.0. The van der Waals surface area contributed by atoms with E-state index in [2.05, 4.69) is 33.7 Å². The highest BCUT2D eigenvalue weighted by Gasteiger charge is 2.23. The lowest BCUT2D eigenvalue weighted by Gasteiger charge is -2.27. The number of para-hydroxylation sites is 1. The first-order valence-electron chi connectivity index (χ1n) is 11.6. The molecule has 1 fully saturated rings. The highest BCUT2D eigenvalue weighted by Crippen LogP contribution is 2.18. The van der Waals surface area contributed by atoms with Gasteiger partial charge in [0, 0.05) is 13.1 Å². The molecule has 2 aromatic rings. The molecule has 0 spiro atoms. The molecule has 1 saturated heterocycles. The Morgan fingerprint density at radius 3 is 2.45 bits per heavy atom. The van der Waals surface area contributed by atoms with E-state index in [9.17, 15) is 9.59 Å². The summed E-state index contributed by atoms with van der Waals surface area (Å²) < 4.78 is 5.30. The Morgan fingerprint density at radius 2 is 1.73 bits per heavy atom. The van der Waals surface area contributed by atoms with Gasteiger partial charge in [-0.05, 0) is 67.6 Å². The molecule has 1 atom stereocenters. The van der Waals surface area contributed by atoms with Crippen LogP contribution in [0.4, 0.5) is 0 Å². The monoisotopic (exact) mass is 469 g/mol. The largest absolute Gasteiger partial charge is 0.496 e. The Labute approximate surface area is 201 Å². The third kappa shape index (κ3) is 7.51. The van der Waals surface area contributed by atoms with E-state index in [-0.39, 0.29) is 11.8 Å². The fourth-order valence-electron chi connectivity index (χ4n) is 4.12. The molecule has 0 bridgehead atoms. The molecule has 1 unspecified atom stereocenters. The van der Waals surface area contributed by atoms with E-state index in [1.165, 1.54) is 31.9 Å². The van der Waals surface area contributed by atoms with Gasteiger partial charge in [-0.15, -0.1) is 0 Å². The van der Waals surface area contributed by atoms with Crippen LogP contribution in [-0.2, 0) is 17.9 Å². The predicted molar refractivity (Wildman–Crippen MR) is 135 cm³/mol. The zero-order valence-corrected chi connectivity index (χ0v) is 20.5. The molecule has 33 heavy (non-hydrogen) atoms. The van der Waals surface area contributed by atoms with Crippen LogP contribution in [0.15, 0.2) is 48.5 Å². The first kappa shape index (κ1) is 25.1. The summed E-state index contributed by atoms with van der Waals surface area (Å²) in [7, 11) is 1.53. The number of hydrogen-bond acceptors (Lipinski definition) is 5. The van der Waals surface area contributed by atoms with E-state index in [0.29, 0.717) is 24.3 Å². The van der Waals surface area contributed by atoms with Crippen LogP contribution in [0, 0.1) is 0 Å². The molecule has 0 radical (unpaired) electrons. The van der Waals surface area contributed by atoms with Crippen molar-refractivity contribution in [1.29, 1.82) is 0 Å². The highest BCUT2D eigenvalue weighted by atomic mass is 32.2. The number of rotatable bonds is 11. The first-order valence-corrected chi connectivity index (χ1v) is 13.0. The number of likely N-dealkylation sites (tertiary alicyclic amines) is 1. The number of methoxy groups -OCH3 is 1. The molecule has 1 heterocycles. The molecule has 7 heteroatoms. The van der Waals surface area contributed by atoms with Gasteiger partial charge in [0.15, 0.2) is 0 Å². The summed E-state index contributed by atoms with van der Waals surface area (Å²) in [5, 5.41) is 5.96. The summed E-state index contributed by atoms with van der Waals surface area (Å²) >= 11 is 1.65. The fourth-order valence-corrected chi connectivity index (χ4v) is 4.59. The van der Waals surface area contributed by atoms with Crippen LogP contribution in [-0.4, -0.2) is 55.0 Å². The van der Waals surface area contributed by atoms with E-state index >= 15 is 0 Å². The van der Waals surface area contributed by atoms with Crippen molar-refractivity contribution in [1.82, 2.24) is 15.5 Å². The van der Waals surface area contributed by atoms with Crippen LogP contribution in [0.2, 0.25) is 0 Å². The van der Waals surface area contributed by atoms with Crippen LogP contribution >= 0.6 is 11.8 Å². The lowest BCUT2D eigenvalue weighted by Crippen LogP contribution is -2.47. The number of carbonyl (C=O) groups excluding carboxylic acids is 2. The van der Waals surface area contributed by atoms with Gasteiger partial charge in [0.1, 0.15) is 11.8 Å². The van der Waals surface area contributed by atoms with Crippen molar-refractivity contribution in [3.05, 3.63) is 65.2 Å². The van der Waals surface area contributed by atoms with E-state index in [0.717, 1.165) is 31.0 Å². The topological polar surface area (TPSA) is 70.7 Å². The van der Waals surface area contributed by atoms with Crippen LogP contribution in [0.3, 0.4) is 0 Å². The highest BCUT2D eigenvalue weighted by molar-refractivity contribution is 7.98. The Bertz CT molecular complexity index is 915. The van der Waals surface area contributed by atoms with Gasteiger partial charge in [0.2, 0.25) is 5.91 Å². The molecular weight excluding hydrogens is 434 g/mol. The molecule has 2 aromatic carbocycles. The summed E-state index contributed by atoms with van der Waals surface area (Å²) in [5.74, 6) is 0.792. The number of ether oxygens (including phenoxy) is 1. The SMILES string of the molecule is COc1ccccc1C(=O)NC(CCSC)C(=O)NCc1ccccc1CN1CCCCC1. The van der Waals surface area contributed by atoms with Crippen molar-refractivity contribution in [2.45, 2.75) is 44.8 Å². The Morgan fingerprint density at radius 1 is 1.03 bits per heavy atom. The minimum atomic E-state index is -0.607. The van der Waals surface area contributed by atoms with E-state index < -0.39 is 6.04 Å². The van der Waals surface area contributed by atoms with Gasteiger partial charge >= 0.3 is 0 Å². The number of amides is 2. The van der Waals surface area contributed by atoms with E-state index in [1.807, 2.05) is 18.4 Å². The van der Waals surface area contributed by atoms with Crippen LogP contribution in [0.25, 0.3) is 0 Å². The Hall–Kier alpha value is -2.51. The third-order valence-electron chi connectivity index (χ3n) is 6.00. The molecule has 1 aliphatic heterocycles. The molecule has 0 aliphatic carbocycles. The van der Waals surface area contributed by atoms with Gasteiger partial charge in [-0.3, -0.25) is 14.5 Å². The van der Waals surface area contributed by atoms with Gasteiger partial charge < -0.3 is 15.4 Å². The van der Waals surface area contributed by atoms with Crippen molar-refractivity contribution in [3.8, 4) is 5.75 Å². The lowest BCUT2D eigenvalue weighted by atomic mass is 10.0. The molecule has 1 aliphatic rings. The zero-order valence-electron chi connectivity index (χ0n) is 19.6. The number of nitrogens with zero attached hydrogens (tertiary/aromatic N) is 1. The number of hydrogen-bond donors (Lipinski definition) is 2. The van der Waals surface area contributed by atoms with Gasteiger partial charge in [-0.2, -0.15) is 11.8 Å². The maximum absolute atomic E-state index is 13.1. The fraction of sp³-hybridized carbons (Fsp3) is 0.462. The van der Waals surface area contributed by atoms with Gasteiger partial charge in [0.05, 0.1) is 12.7 Å². The molecule has 0 saturated carbocycles. The minimum Gasteiger partial charge on any atom is -0.496 e. The van der Waals surface area contributed by atoms with E-state index in [4.69, 9.17) is 4.74 Å². The standard InChI is InChI=1S/C26H35N3O3S/c1-32-24-13-7-6-12-22(24)25(30)28-23(14-17-33-2)26(31)27-18-20-10-4-5-11-21(20)19-29-15-8-3-9-16-29/h4-7,10-13,23H,3,8-9,14-19H2,1-2H3,(H,27,31)(H,28,30). The summed E-state index contributed by atoms with van der Waals surface area (Å²) in [6.07, 6.45) is 6.37. The predicted octanol–water partition coefficient (Wildman–Crippen LogP) is 3.85. The molecule has 2 amide bonds. The number of piperidine rings is 1. The zero-order chi connectivity index (χ0) is 23.5. The number of nitrogens with one attached hydrogen (secondary N) is 2. The maximum atomic E-state index is 13.1. The average molecular weight is 470 g/mol. The Balaban J connectivity index is 1.64. The summed E-state index contributed by atoms with van der Waals surface area (Å²) in [6, 6.07) is 14.7. The molecule has 0 aromatic heterocycles. The van der Waals surface area contributed by atoms with Crippen LogP contribution in [0.5, 0.6) is 5.75 Å². The van der Waals surface area contributed by atoms with Crippen LogP contribution < -0.4 is 15.4 Å². The van der Waals surface area contributed by atoms with Crippen LogP contribution in [0.1, 0.15) is 47.2 Å². The second kappa shape index (κ2) is 13.3. The smallest absolute Gasteiger partial charge is 0.255 e. The molecular formula is C26H35N3O3S. The van der Waals surface area contributed by atoms with Crippen molar-refractivity contribution >= 4 is 23.6 Å². The van der Waals surface area contributed by atoms with Gasteiger partial charge in [-0.25, -0.2) is 0 Å². The number of benzene rings is 2. The third-order valence-corrected chi connectivity index (χ3v) is 6.64. The van der Waals surface area contributed by atoms with Crippen molar-refractivity contribution in [3.63, 3.8) is 0 Å². The van der Waals surface area contributed by atoms with Crippen molar-refractivity contribution in [2.75, 3.05) is 32.2 Å². The Kier molecular flexibility index (Phi) is 10.1. The second-order valence-electron chi connectivity index (χ2n) is 8.33.